The van der Waals surface area contributed by atoms with Crippen LogP contribution in [0.3, 0.4) is 0 Å². The van der Waals surface area contributed by atoms with E-state index in [-0.39, 0.29) is 6.42 Å². The Morgan fingerprint density at radius 2 is 2.46 bits per heavy atom. The maximum Gasteiger partial charge on any atom is 0.308 e. The van der Waals surface area contributed by atoms with E-state index in [0.717, 1.165) is 8.66 Å². The van der Waals surface area contributed by atoms with Crippen molar-refractivity contribution in [3.63, 3.8) is 0 Å². The highest BCUT2D eigenvalue weighted by Crippen LogP contribution is 2.28. The minimum atomic E-state index is -0.760. The first kappa shape index (κ1) is 10.7. The summed E-state index contributed by atoms with van der Waals surface area (Å²) in [5.74, 6) is -0.406. The number of hydrogen-bond acceptors (Lipinski definition) is 4. The van der Waals surface area contributed by atoms with Crippen molar-refractivity contribution in [2.75, 3.05) is 7.11 Å². The topological polar surface area (TPSA) is 46.5 Å². The van der Waals surface area contributed by atoms with Crippen molar-refractivity contribution < 1.29 is 14.6 Å². The van der Waals surface area contributed by atoms with Gasteiger partial charge >= 0.3 is 5.97 Å². The summed E-state index contributed by atoms with van der Waals surface area (Å²) in [6.07, 6.45) is -0.757. The fourth-order valence-corrected chi connectivity index (χ4v) is 2.26. The predicted octanol–water partition coefficient (Wildman–Crippen LogP) is 2.11. The molecule has 0 amide bonds. The van der Waals surface area contributed by atoms with Gasteiger partial charge in [-0.1, -0.05) is 0 Å². The molecule has 5 heteroatoms. The number of aliphatic hydroxyl groups is 1. The van der Waals surface area contributed by atoms with Gasteiger partial charge in [-0.15, -0.1) is 11.3 Å². The fourth-order valence-electron chi connectivity index (χ4n) is 0.849. The lowest BCUT2D eigenvalue weighted by molar-refractivity contribution is -0.142. The molecule has 0 aliphatic heterocycles. The number of methoxy groups -OCH3 is 1. The van der Waals surface area contributed by atoms with Crippen LogP contribution in [0.2, 0.25) is 0 Å². The Labute approximate surface area is 88.5 Å². The summed E-state index contributed by atoms with van der Waals surface area (Å²) in [5.41, 5.74) is 0. The lowest BCUT2D eigenvalue weighted by Crippen LogP contribution is -2.06. The summed E-state index contributed by atoms with van der Waals surface area (Å²) in [4.78, 5) is 11.6. The van der Waals surface area contributed by atoms with E-state index in [0.29, 0.717) is 0 Å². The Hall–Kier alpha value is -0.390. The highest BCUT2D eigenvalue weighted by Gasteiger charge is 2.14. The molecule has 13 heavy (non-hydrogen) atoms. The minimum absolute atomic E-state index is 0.00343. The fraction of sp³-hybridized carbons (Fsp3) is 0.375. The molecular formula is C8H9BrO3S. The van der Waals surface area contributed by atoms with Crippen LogP contribution in [0.4, 0.5) is 0 Å². The molecule has 72 valence electrons. The molecular weight excluding hydrogens is 256 g/mol. The third-order valence-electron chi connectivity index (χ3n) is 1.51. The molecule has 0 radical (unpaired) electrons. The largest absolute Gasteiger partial charge is 0.469 e. The van der Waals surface area contributed by atoms with Crippen LogP contribution < -0.4 is 0 Å². The smallest absolute Gasteiger partial charge is 0.308 e. The Morgan fingerprint density at radius 1 is 1.77 bits per heavy atom. The lowest BCUT2D eigenvalue weighted by atomic mass is 10.2. The highest BCUT2D eigenvalue weighted by molar-refractivity contribution is 9.11. The van der Waals surface area contributed by atoms with E-state index in [9.17, 15) is 9.90 Å². The summed E-state index contributed by atoms with van der Waals surface area (Å²) in [6.45, 7) is 0. The van der Waals surface area contributed by atoms with E-state index in [1.54, 1.807) is 6.07 Å². The summed E-state index contributed by atoms with van der Waals surface area (Å²) in [6, 6.07) is 3.61. The number of halogens is 1. The molecule has 1 aromatic rings. The molecule has 3 nitrogen and oxygen atoms in total. The van der Waals surface area contributed by atoms with Gasteiger partial charge in [0, 0.05) is 4.88 Å². The van der Waals surface area contributed by atoms with Gasteiger partial charge in [0.15, 0.2) is 0 Å². The zero-order valence-electron chi connectivity index (χ0n) is 6.99. The Bertz CT molecular complexity index is 297. The number of carbonyl (C=O) groups is 1. The minimum Gasteiger partial charge on any atom is -0.469 e. The average molecular weight is 265 g/mol. The molecule has 1 N–H and O–H groups in total. The molecule has 0 fully saturated rings. The zero-order chi connectivity index (χ0) is 9.84. The van der Waals surface area contributed by atoms with Crippen LogP contribution in [-0.2, 0) is 9.53 Å². The van der Waals surface area contributed by atoms with Crippen LogP contribution in [-0.4, -0.2) is 18.2 Å². The monoisotopic (exact) mass is 264 g/mol. The maximum atomic E-state index is 10.8. The summed E-state index contributed by atoms with van der Waals surface area (Å²) in [5, 5.41) is 9.52. The van der Waals surface area contributed by atoms with Crippen molar-refractivity contribution >= 4 is 33.2 Å². The van der Waals surface area contributed by atoms with E-state index < -0.39 is 12.1 Å². The third kappa shape index (κ3) is 3.10. The highest BCUT2D eigenvalue weighted by atomic mass is 79.9. The van der Waals surface area contributed by atoms with Crippen molar-refractivity contribution in [3.8, 4) is 0 Å². The number of rotatable bonds is 3. The van der Waals surface area contributed by atoms with E-state index in [2.05, 4.69) is 20.7 Å². The number of thiophene rings is 1. The second kappa shape index (κ2) is 4.74. The molecule has 0 spiro atoms. The van der Waals surface area contributed by atoms with Crippen molar-refractivity contribution in [1.29, 1.82) is 0 Å². The van der Waals surface area contributed by atoms with E-state index in [1.807, 2.05) is 6.07 Å². The predicted molar refractivity (Wildman–Crippen MR) is 53.6 cm³/mol. The van der Waals surface area contributed by atoms with E-state index in [4.69, 9.17) is 0 Å². The van der Waals surface area contributed by atoms with Crippen LogP contribution in [0.1, 0.15) is 17.4 Å². The number of esters is 1. The third-order valence-corrected chi connectivity index (χ3v) is 3.23. The standard InChI is InChI=1S/C8H9BrO3S/c1-12-8(11)4-5(10)6-2-3-7(9)13-6/h2-3,5,10H,4H2,1H3/t5-/m1/s1. The molecule has 1 rings (SSSR count). The van der Waals surface area contributed by atoms with Crippen LogP contribution >= 0.6 is 27.3 Å². The molecule has 0 aliphatic rings. The van der Waals surface area contributed by atoms with Crippen LogP contribution in [0.25, 0.3) is 0 Å². The van der Waals surface area contributed by atoms with Crippen LogP contribution in [0, 0.1) is 0 Å². The van der Waals surface area contributed by atoms with Gasteiger partial charge in [-0.05, 0) is 28.1 Å². The number of ether oxygens (including phenoxy) is 1. The lowest BCUT2D eigenvalue weighted by Gasteiger charge is -2.05. The number of hydrogen-bond donors (Lipinski definition) is 1. The molecule has 1 aromatic heterocycles. The normalized spacial score (nSPS) is 12.5. The summed E-state index contributed by atoms with van der Waals surface area (Å²) >= 11 is 4.68. The average Bonchev–Trinajstić information content (AvgIpc) is 2.51. The van der Waals surface area contributed by atoms with Gasteiger partial charge in [0.05, 0.1) is 23.4 Å². The van der Waals surface area contributed by atoms with E-state index >= 15 is 0 Å². The van der Waals surface area contributed by atoms with E-state index in [1.165, 1.54) is 18.4 Å². The molecule has 0 unspecified atom stereocenters. The quantitative estimate of drug-likeness (QED) is 0.851. The number of aliphatic hydroxyl groups excluding tert-OH is 1. The Balaban J connectivity index is 2.58. The van der Waals surface area contributed by atoms with Gasteiger partial charge < -0.3 is 9.84 Å². The summed E-state index contributed by atoms with van der Waals surface area (Å²) < 4.78 is 5.38. The molecule has 1 heterocycles. The summed E-state index contributed by atoms with van der Waals surface area (Å²) in [7, 11) is 1.30. The molecule has 0 aliphatic carbocycles. The first-order chi connectivity index (χ1) is 6.13. The maximum absolute atomic E-state index is 10.8. The SMILES string of the molecule is COC(=O)C[C@@H](O)c1ccc(Br)s1. The van der Waals surface area contributed by atoms with Gasteiger partial charge in [-0.25, -0.2) is 0 Å². The van der Waals surface area contributed by atoms with Crippen molar-refractivity contribution in [3.05, 3.63) is 20.8 Å². The van der Waals surface area contributed by atoms with Crippen molar-refractivity contribution in [2.45, 2.75) is 12.5 Å². The molecule has 0 bridgehead atoms. The van der Waals surface area contributed by atoms with Crippen LogP contribution in [0.5, 0.6) is 0 Å². The molecule has 0 saturated heterocycles. The molecule has 0 saturated carbocycles. The Kier molecular flexibility index (Phi) is 3.90. The zero-order valence-corrected chi connectivity index (χ0v) is 9.39. The van der Waals surface area contributed by atoms with Gasteiger partial charge in [0.25, 0.3) is 0 Å². The van der Waals surface area contributed by atoms with Crippen LogP contribution in [0.15, 0.2) is 15.9 Å². The van der Waals surface area contributed by atoms with Gasteiger partial charge in [0.2, 0.25) is 0 Å². The van der Waals surface area contributed by atoms with Gasteiger partial charge in [-0.2, -0.15) is 0 Å². The van der Waals surface area contributed by atoms with Crippen molar-refractivity contribution in [1.82, 2.24) is 0 Å². The Morgan fingerprint density at radius 3 is 2.92 bits per heavy atom. The molecule has 0 aromatic carbocycles. The van der Waals surface area contributed by atoms with Gasteiger partial charge in [-0.3, -0.25) is 4.79 Å². The molecule has 1 atom stereocenters. The first-order valence-electron chi connectivity index (χ1n) is 3.63. The van der Waals surface area contributed by atoms with Crippen molar-refractivity contribution in [2.24, 2.45) is 0 Å². The number of carbonyl (C=O) groups excluding carboxylic acids is 1. The first-order valence-corrected chi connectivity index (χ1v) is 5.24. The second-order valence-corrected chi connectivity index (χ2v) is 4.93. The second-order valence-electron chi connectivity index (χ2n) is 2.44. The van der Waals surface area contributed by atoms with Gasteiger partial charge in [0.1, 0.15) is 0 Å².